The van der Waals surface area contributed by atoms with Crippen LogP contribution in [0.2, 0.25) is 0 Å². The first-order valence-electron chi connectivity index (χ1n) is 5.74. The molecule has 1 rings (SSSR count). The molecule has 5 nitrogen and oxygen atoms in total. The molecule has 1 amide bonds. The first kappa shape index (κ1) is 14.3. The van der Waals surface area contributed by atoms with Crippen molar-refractivity contribution in [3.8, 4) is 11.5 Å². The van der Waals surface area contributed by atoms with Crippen LogP contribution in [0, 0.1) is 0 Å². The number of carbonyl (C=O) groups excluding carboxylic acids is 1. The van der Waals surface area contributed by atoms with Gasteiger partial charge in [0, 0.05) is 19.7 Å². The Hall–Kier alpha value is -1.75. The quantitative estimate of drug-likeness (QED) is 0.742. The molecule has 0 spiro atoms. The van der Waals surface area contributed by atoms with Crippen LogP contribution in [0.25, 0.3) is 0 Å². The molecule has 1 aromatic rings. The Morgan fingerprint density at radius 1 is 1.33 bits per heavy atom. The van der Waals surface area contributed by atoms with Gasteiger partial charge in [0.15, 0.2) is 6.10 Å². The highest BCUT2D eigenvalue weighted by Gasteiger charge is 2.14. The molecule has 100 valence electrons. The van der Waals surface area contributed by atoms with Crippen molar-refractivity contribution in [1.82, 2.24) is 5.32 Å². The third-order valence-corrected chi connectivity index (χ3v) is 2.33. The fourth-order valence-electron chi connectivity index (χ4n) is 1.35. The minimum atomic E-state index is -0.561. The van der Waals surface area contributed by atoms with Crippen molar-refractivity contribution in [2.24, 2.45) is 0 Å². The molecule has 1 aromatic carbocycles. The van der Waals surface area contributed by atoms with Gasteiger partial charge >= 0.3 is 0 Å². The Kier molecular flexibility index (Phi) is 6.00. The van der Waals surface area contributed by atoms with Crippen LogP contribution >= 0.6 is 0 Å². The van der Waals surface area contributed by atoms with Crippen molar-refractivity contribution in [2.75, 3.05) is 27.4 Å². The second-order valence-electron chi connectivity index (χ2n) is 3.72. The fourth-order valence-corrected chi connectivity index (χ4v) is 1.35. The Morgan fingerprint density at radius 3 is 2.72 bits per heavy atom. The van der Waals surface area contributed by atoms with E-state index in [1.54, 1.807) is 33.3 Å². The summed E-state index contributed by atoms with van der Waals surface area (Å²) in [5.41, 5.74) is 0. The monoisotopic (exact) mass is 253 g/mol. The number of amides is 1. The molecule has 0 heterocycles. The Morgan fingerprint density at radius 2 is 2.06 bits per heavy atom. The highest BCUT2D eigenvalue weighted by Crippen LogP contribution is 2.19. The van der Waals surface area contributed by atoms with E-state index in [0.29, 0.717) is 24.7 Å². The van der Waals surface area contributed by atoms with Crippen LogP contribution in [0.5, 0.6) is 11.5 Å². The number of benzene rings is 1. The van der Waals surface area contributed by atoms with Gasteiger partial charge in [-0.3, -0.25) is 4.79 Å². The molecule has 0 aliphatic rings. The summed E-state index contributed by atoms with van der Waals surface area (Å²) in [4.78, 5) is 11.7. The third-order valence-electron chi connectivity index (χ3n) is 2.33. The van der Waals surface area contributed by atoms with Crippen LogP contribution in [0.15, 0.2) is 24.3 Å². The second kappa shape index (κ2) is 7.55. The molecular formula is C13H19NO4. The number of carbonyl (C=O) groups is 1. The number of methoxy groups -OCH3 is 2. The van der Waals surface area contributed by atoms with E-state index in [1.807, 2.05) is 12.1 Å². The van der Waals surface area contributed by atoms with Gasteiger partial charge in [-0.1, -0.05) is 6.07 Å². The normalized spacial score (nSPS) is 11.7. The molecule has 5 heteroatoms. The van der Waals surface area contributed by atoms with Crippen molar-refractivity contribution in [3.05, 3.63) is 24.3 Å². The summed E-state index contributed by atoms with van der Waals surface area (Å²) in [6.07, 6.45) is -0.561. The van der Waals surface area contributed by atoms with E-state index in [1.165, 1.54) is 0 Å². The molecule has 0 saturated carbocycles. The molecule has 1 unspecified atom stereocenters. The zero-order valence-electron chi connectivity index (χ0n) is 10.9. The summed E-state index contributed by atoms with van der Waals surface area (Å²) >= 11 is 0. The Balaban J connectivity index is 2.47. The van der Waals surface area contributed by atoms with Gasteiger partial charge in [0.05, 0.1) is 13.7 Å². The van der Waals surface area contributed by atoms with E-state index in [-0.39, 0.29) is 5.91 Å². The van der Waals surface area contributed by atoms with Gasteiger partial charge in [-0.05, 0) is 19.1 Å². The number of ether oxygens (including phenoxy) is 3. The van der Waals surface area contributed by atoms with Gasteiger partial charge in [0.25, 0.3) is 5.91 Å². The topological polar surface area (TPSA) is 56.8 Å². The summed E-state index contributed by atoms with van der Waals surface area (Å²) in [6, 6.07) is 7.14. The molecule has 0 aromatic heterocycles. The maximum absolute atomic E-state index is 11.7. The van der Waals surface area contributed by atoms with E-state index in [2.05, 4.69) is 5.32 Å². The Bertz CT molecular complexity index is 381. The van der Waals surface area contributed by atoms with E-state index in [0.717, 1.165) is 0 Å². The van der Waals surface area contributed by atoms with Crippen LogP contribution in [0.4, 0.5) is 0 Å². The number of hydrogen-bond acceptors (Lipinski definition) is 4. The summed E-state index contributed by atoms with van der Waals surface area (Å²) < 4.78 is 15.4. The van der Waals surface area contributed by atoms with Gasteiger partial charge in [-0.25, -0.2) is 0 Å². The highest BCUT2D eigenvalue weighted by molar-refractivity contribution is 5.80. The first-order valence-corrected chi connectivity index (χ1v) is 5.74. The van der Waals surface area contributed by atoms with Gasteiger partial charge in [-0.2, -0.15) is 0 Å². The lowest BCUT2D eigenvalue weighted by molar-refractivity contribution is -0.127. The molecule has 0 radical (unpaired) electrons. The van der Waals surface area contributed by atoms with Gasteiger partial charge < -0.3 is 19.5 Å². The van der Waals surface area contributed by atoms with Crippen molar-refractivity contribution in [1.29, 1.82) is 0 Å². The lowest BCUT2D eigenvalue weighted by Crippen LogP contribution is -2.37. The summed E-state index contributed by atoms with van der Waals surface area (Å²) in [5.74, 6) is 1.12. The summed E-state index contributed by atoms with van der Waals surface area (Å²) in [7, 11) is 3.17. The number of hydrogen-bond donors (Lipinski definition) is 1. The van der Waals surface area contributed by atoms with Gasteiger partial charge in [0.1, 0.15) is 11.5 Å². The summed E-state index contributed by atoms with van der Waals surface area (Å²) in [5, 5.41) is 2.71. The predicted octanol–water partition coefficient (Wildman–Crippen LogP) is 1.23. The fraction of sp³-hybridized carbons (Fsp3) is 0.462. The number of nitrogens with one attached hydrogen (secondary N) is 1. The average molecular weight is 253 g/mol. The lowest BCUT2D eigenvalue weighted by atomic mass is 10.3. The van der Waals surface area contributed by atoms with Crippen LogP contribution in [-0.2, 0) is 9.53 Å². The van der Waals surface area contributed by atoms with E-state index < -0.39 is 6.10 Å². The van der Waals surface area contributed by atoms with Crippen molar-refractivity contribution in [3.63, 3.8) is 0 Å². The first-order chi connectivity index (χ1) is 8.67. The standard InChI is InChI=1S/C13H19NO4/c1-10(13(15)14-7-8-16-2)18-12-6-4-5-11(9-12)17-3/h4-6,9-10H,7-8H2,1-3H3,(H,14,15). The zero-order valence-corrected chi connectivity index (χ0v) is 10.9. The molecule has 18 heavy (non-hydrogen) atoms. The van der Waals surface area contributed by atoms with Crippen LogP contribution in [-0.4, -0.2) is 39.4 Å². The predicted molar refractivity (Wildman–Crippen MR) is 68.0 cm³/mol. The SMILES string of the molecule is COCCNC(=O)C(C)Oc1cccc(OC)c1. The maximum Gasteiger partial charge on any atom is 0.260 e. The summed E-state index contributed by atoms with van der Waals surface area (Å²) in [6.45, 7) is 2.65. The van der Waals surface area contributed by atoms with Gasteiger partial charge in [0.2, 0.25) is 0 Å². The van der Waals surface area contributed by atoms with Crippen molar-refractivity contribution >= 4 is 5.91 Å². The average Bonchev–Trinajstić information content (AvgIpc) is 2.39. The molecule has 0 aliphatic heterocycles. The largest absolute Gasteiger partial charge is 0.497 e. The molecule has 0 aliphatic carbocycles. The maximum atomic E-state index is 11.7. The lowest BCUT2D eigenvalue weighted by Gasteiger charge is -2.15. The molecule has 0 fully saturated rings. The van der Waals surface area contributed by atoms with Crippen LogP contribution in [0.3, 0.4) is 0 Å². The minimum Gasteiger partial charge on any atom is -0.497 e. The van der Waals surface area contributed by atoms with Crippen molar-refractivity contribution < 1.29 is 19.0 Å². The van der Waals surface area contributed by atoms with Crippen LogP contribution in [0.1, 0.15) is 6.92 Å². The molecule has 1 atom stereocenters. The third kappa shape index (κ3) is 4.63. The van der Waals surface area contributed by atoms with Gasteiger partial charge in [-0.15, -0.1) is 0 Å². The van der Waals surface area contributed by atoms with Crippen molar-refractivity contribution in [2.45, 2.75) is 13.0 Å². The zero-order chi connectivity index (χ0) is 13.4. The Labute approximate surface area is 107 Å². The second-order valence-corrected chi connectivity index (χ2v) is 3.72. The number of rotatable bonds is 7. The van der Waals surface area contributed by atoms with E-state index in [9.17, 15) is 4.79 Å². The molecule has 1 N–H and O–H groups in total. The van der Waals surface area contributed by atoms with E-state index >= 15 is 0 Å². The highest BCUT2D eigenvalue weighted by atomic mass is 16.5. The minimum absolute atomic E-state index is 0.171. The van der Waals surface area contributed by atoms with E-state index in [4.69, 9.17) is 14.2 Å². The molecular weight excluding hydrogens is 234 g/mol. The smallest absolute Gasteiger partial charge is 0.260 e. The molecule has 0 saturated heterocycles. The van der Waals surface area contributed by atoms with Crippen LogP contribution < -0.4 is 14.8 Å². The molecule has 0 bridgehead atoms.